The van der Waals surface area contributed by atoms with Gasteiger partial charge in [-0.25, -0.2) is 0 Å². The van der Waals surface area contributed by atoms with Gasteiger partial charge in [0, 0.05) is 6.42 Å². The van der Waals surface area contributed by atoms with Gasteiger partial charge >= 0.3 is 5.97 Å². The quantitative estimate of drug-likeness (QED) is 0.278. The average Bonchev–Trinajstić information content (AvgIpc) is 2.47. The zero-order chi connectivity index (χ0) is 17.0. The highest BCUT2D eigenvalue weighted by molar-refractivity contribution is 14.1. The number of esters is 1. The first-order valence-corrected chi connectivity index (χ1v) is 9.43. The second kappa shape index (κ2) is 8.34. The first-order chi connectivity index (χ1) is 10.9. The van der Waals surface area contributed by atoms with E-state index in [-0.39, 0.29) is 11.7 Å². The van der Waals surface area contributed by atoms with E-state index in [1.165, 1.54) is 0 Å². The van der Waals surface area contributed by atoms with Gasteiger partial charge in [-0.3, -0.25) is 4.79 Å². The molecule has 0 aromatic heterocycles. The molecule has 0 fully saturated rings. The van der Waals surface area contributed by atoms with Crippen molar-refractivity contribution in [1.82, 2.24) is 0 Å². The molecule has 0 saturated heterocycles. The fourth-order valence-corrected chi connectivity index (χ4v) is 3.54. The van der Waals surface area contributed by atoms with Gasteiger partial charge in [-0.05, 0) is 91.2 Å². The fraction of sp³-hybridized carbons (Fsp3) is 0.188. The first-order valence-electron chi connectivity index (χ1n) is 6.76. The Morgan fingerprint density at radius 1 is 1.17 bits per heavy atom. The van der Waals surface area contributed by atoms with Crippen LogP contribution in [0.1, 0.15) is 19.8 Å². The minimum atomic E-state index is -0.270. The zero-order valence-corrected chi connectivity index (χ0v) is 17.4. The normalized spacial score (nSPS) is 10.4. The number of ether oxygens (including phenoxy) is 2. The Hall–Kier alpha value is -0.800. The predicted molar refractivity (Wildman–Crippen MR) is 103 cm³/mol. The number of aromatic hydroxyl groups is 1. The van der Waals surface area contributed by atoms with Crippen LogP contribution in [0.15, 0.2) is 39.3 Å². The van der Waals surface area contributed by atoms with Gasteiger partial charge < -0.3 is 14.6 Å². The summed E-state index contributed by atoms with van der Waals surface area (Å²) in [6.45, 7) is 1.92. The highest BCUT2D eigenvalue weighted by atomic mass is 127. The lowest BCUT2D eigenvalue weighted by Gasteiger charge is -2.12. The summed E-state index contributed by atoms with van der Waals surface area (Å²) in [4.78, 5) is 11.6. The van der Waals surface area contributed by atoms with E-state index < -0.39 is 0 Å². The second-order valence-electron chi connectivity index (χ2n) is 4.66. The number of carbonyl (C=O) groups excluding carboxylic acids is 1. The number of halogens is 3. The molecule has 4 nitrogen and oxygen atoms in total. The molecule has 0 atom stereocenters. The summed E-state index contributed by atoms with van der Waals surface area (Å²) in [5.41, 5.74) is 0. The number of carbonyl (C=O) groups is 1. The lowest BCUT2D eigenvalue weighted by atomic mass is 10.3. The molecule has 0 saturated carbocycles. The van der Waals surface area contributed by atoms with Gasteiger partial charge in [-0.15, -0.1) is 0 Å². The molecule has 0 aliphatic rings. The van der Waals surface area contributed by atoms with Crippen molar-refractivity contribution in [2.45, 2.75) is 19.8 Å². The van der Waals surface area contributed by atoms with Gasteiger partial charge in [0.2, 0.25) is 0 Å². The van der Waals surface area contributed by atoms with Crippen molar-refractivity contribution in [3.63, 3.8) is 0 Å². The van der Waals surface area contributed by atoms with Gasteiger partial charge in [0.1, 0.15) is 17.2 Å². The Kier molecular flexibility index (Phi) is 6.72. The maximum Gasteiger partial charge on any atom is 0.311 e. The van der Waals surface area contributed by atoms with Crippen LogP contribution >= 0.6 is 54.5 Å². The van der Waals surface area contributed by atoms with Gasteiger partial charge in [0.15, 0.2) is 5.75 Å². The van der Waals surface area contributed by atoms with E-state index in [1.807, 2.05) is 29.5 Å². The molecule has 0 radical (unpaired) electrons. The van der Waals surface area contributed by atoms with Gasteiger partial charge in [0.25, 0.3) is 0 Å². The molecule has 23 heavy (non-hydrogen) atoms. The largest absolute Gasteiger partial charge is 0.507 e. The molecule has 2 rings (SSSR count). The van der Waals surface area contributed by atoms with Crippen LogP contribution in [0.4, 0.5) is 0 Å². The van der Waals surface area contributed by atoms with Gasteiger partial charge in [0.05, 0.1) is 12.5 Å². The number of rotatable bonds is 5. The van der Waals surface area contributed by atoms with Crippen molar-refractivity contribution in [3.8, 4) is 23.0 Å². The van der Waals surface area contributed by atoms with E-state index in [1.54, 1.807) is 30.3 Å². The molecule has 0 spiro atoms. The lowest BCUT2D eigenvalue weighted by molar-refractivity contribution is -0.134. The molecule has 2 aromatic rings. The second-order valence-corrected chi connectivity index (χ2v) is 7.53. The molecule has 0 heterocycles. The Bertz CT molecular complexity index is 711. The average molecular weight is 556 g/mol. The van der Waals surface area contributed by atoms with Crippen LogP contribution < -0.4 is 9.47 Å². The number of hydrogen-bond acceptors (Lipinski definition) is 4. The molecule has 0 aliphatic carbocycles. The Morgan fingerprint density at radius 3 is 2.39 bits per heavy atom. The Labute approximate surface area is 164 Å². The Morgan fingerprint density at radius 2 is 1.83 bits per heavy atom. The topological polar surface area (TPSA) is 55.8 Å². The van der Waals surface area contributed by atoms with Crippen molar-refractivity contribution < 1.29 is 19.4 Å². The molecule has 0 bridgehead atoms. The zero-order valence-electron chi connectivity index (χ0n) is 12.1. The van der Waals surface area contributed by atoms with E-state index in [0.717, 1.165) is 6.42 Å². The smallest absolute Gasteiger partial charge is 0.311 e. The number of phenolic OH excluding ortho intramolecular Hbond substituents is 1. The molecule has 0 aliphatic heterocycles. The third-order valence-electron chi connectivity index (χ3n) is 2.80. The highest BCUT2D eigenvalue weighted by Crippen LogP contribution is 2.40. The molecule has 0 unspecified atom stereocenters. The maximum absolute atomic E-state index is 11.6. The van der Waals surface area contributed by atoms with Crippen molar-refractivity contribution in [3.05, 3.63) is 42.8 Å². The van der Waals surface area contributed by atoms with Crippen molar-refractivity contribution in [2.24, 2.45) is 0 Å². The van der Waals surface area contributed by atoms with E-state index >= 15 is 0 Å². The van der Waals surface area contributed by atoms with Crippen molar-refractivity contribution >= 4 is 60.4 Å². The van der Waals surface area contributed by atoms with Crippen LogP contribution in [0.2, 0.25) is 0 Å². The molecule has 2 aromatic carbocycles. The number of benzene rings is 2. The maximum atomic E-state index is 11.6. The molecule has 0 amide bonds. The van der Waals surface area contributed by atoms with Crippen LogP contribution in [-0.2, 0) is 4.79 Å². The number of hydrogen-bond donors (Lipinski definition) is 1. The van der Waals surface area contributed by atoms with Gasteiger partial charge in [-0.2, -0.15) is 0 Å². The van der Waals surface area contributed by atoms with E-state index in [4.69, 9.17) is 9.47 Å². The summed E-state index contributed by atoms with van der Waals surface area (Å²) in [5.74, 6) is 1.52. The van der Waals surface area contributed by atoms with Crippen molar-refractivity contribution in [2.75, 3.05) is 0 Å². The van der Waals surface area contributed by atoms with Gasteiger partial charge in [-0.1, -0.05) is 6.92 Å². The predicted octanol–water partition coefficient (Wildman–Crippen LogP) is 6.02. The summed E-state index contributed by atoms with van der Waals surface area (Å²) < 4.78 is 13.1. The lowest BCUT2D eigenvalue weighted by Crippen LogP contribution is -2.07. The third-order valence-corrected chi connectivity index (χ3v) is 4.84. The highest BCUT2D eigenvalue weighted by Gasteiger charge is 2.13. The summed E-state index contributed by atoms with van der Waals surface area (Å²) in [7, 11) is 0. The van der Waals surface area contributed by atoms with E-state index in [0.29, 0.717) is 36.2 Å². The third kappa shape index (κ3) is 5.09. The Balaban J connectivity index is 2.23. The van der Waals surface area contributed by atoms with E-state index in [2.05, 4.69) is 31.9 Å². The molecule has 1 N–H and O–H groups in total. The van der Waals surface area contributed by atoms with Crippen LogP contribution in [-0.4, -0.2) is 11.1 Å². The molecule has 122 valence electrons. The molecular weight excluding hydrogens is 543 g/mol. The van der Waals surface area contributed by atoms with Crippen molar-refractivity contribution in [1.29, 1.82) is 0 Å². The minimum Gasteiger partial charge on any atom is -0.507 e. The number of phenols is 1. The summed E-state index contributed by atoms with van der Waals surface area (Å²) in [6, 6.07) is 8.33. The molecular formula is C16H13Br2IO4. The minimum absolute atomic E-state index is 0.203. The summed E-state index contributed by atoms with van der Waals surface area (Å²) >= 11 is 8.86. The first kappa shape index (κ1) is 18.5. The monoisotopic (exact) mass is 554 g/mol. The summed E-state index contributed by atoms with van der Waals surface area (Å²) in [6.07, 6.45) is 1.11. The standard InChI is InChI=1S/C16H13Br2IO4/c1-2-3-15(21)22-10-6-11(17)16(12(18)7-10)23-9-4-5-14(20)13(19)8-9/h4-8,20H,2-3H2,1H3. The SMILES string of the molecule is CCCC(=O)Oc1cc(Br)c(Oc2ccc(O)c(I)c2)c(Br)c1. The van der Waals surface area contributed by atoms with Crippen LogP contribution in [0.5, 0.6) is 23.0 Å². The van der Waals surface area contributed by atoms with Crippen LogP contribution in [0.3, 0.4) is 0 Å². The fourth-order valence-electron chi connectivity index (χ4n) is 1.75. The molecule has 7 heteroatoms. The van der Waals surface area contributed by atoms with E-state index in [9.17, 15) is 9.90 Å². The van der Waals surface area contributed by atoms with Crippen LogP contribution in [0, 0.1) is 3.57 Å². The van der Waals surface area contributed by atoms with Crippen LogP contribution in [0.25, 0.3) is 0 Å². The summed E-state index contributed by atoms with van der Waals surface area (Å²) in [5, 5.41) is 9.55.